The first-order chi connectivity index (χ1) is 24.3. The van der Waals surface area contributed by atoms with Gasteiger partial charge in [-0.3, -0.25) is 14.4 Å². The van der Waals surface area contributed by atoms with Crippen molar-refractivity contribution in [2.45, 2.75) is 85.4 Å². The van der Waals surface area contributed by atoms with E-state index >= 15 is 0 Å². The first kappa shape index (κ1) is 38.4. The zero-order valence-electron chi connectivity index (χ0n) is 29.2. The van der Waals surface area contributed by atoms with Gasteiger partial charge in [0.05, 0.1) is 25.4 Å². The van der Waals surface area contributed by atoms with Crippen molar-refractivity contribution < 1.29 is 65.7 Å². The Labute approximate surface area is 302 Å². The second-order valence-electron chi connectivity index (χ2n) is 13.4. The van der Waals surface area contributed by atoms with E-state index in [9.17, 15) is 42.0 Å². The molecule has 0 saturated carbocycles. The molecule has 282 valence electrons. The number of benzene rings is 1. The molecule has 4 aliphatic heterocycles. The third kappa shape index (κ3) is 6.64. The number of hydrogen-bond donors (Lipinski definition) is 2. The lowest BCUT2D eigenvalue weighted by molar-refractivity contribution is -0.181. The number of carbonyl (C=O) groups is 7. The molecule has 6 atom stereocenters. The Morgan fingerprint density at radius 2 is 1.58 bits per heavy atom. The maximum absolute atomic E-state index is 13.7. The summed E-state index contributed by atoms with van der Waals surface area (Å²) in [7, 11) is -1.52. The van der Waals surface area contributed by atoms with Gasteiger partial charge < -0.3 is 44.1 Å². The van der Waals surface area contributed by atoms with E-state index in [-0.39, 0.29) is 17.9 Å². The van der Waals surface area contributed by atoms with Crippen LogP contribution in [-0.2, 0) is 57.6 Å². The van der Waals surface area contributed by atoms with Crippen LogP contribution in [0.2, 0.25) is 0 Å². The third-order valence-corrected chi connectivity index (χ3v) is 13.7. The Morgan fingerprint density at radius 3 is 2.15 bits per heavy atom. The Hall–Kier alpha value is -4.85. The molecule has 5 rings (SSSR count). The van der Waals surface area contributed by atoms with Crippen LogP contribution in [0.15, 0.2) is 36.0 Å². The summed E-state index contributed by atoms with van der Waals surface area (Å²) < 4.78 is 47.6. The molecule has 4 heterocycles. The molecule has 3 amide bonds. The van der Waals surface area contributed by atoms with Crippen LogP contribution >= 0.6 is 11.8 Å². The van der Waals surface area contributed by atoms with Crippen LogP contribution < -0.4 is 15.4 Å². The van der Waals surface area contributed by atoms with E-state index in [1.54, 1.807) is 13.8 Å². The standard InChI is InChI=1S/C32H38N4O14S2/c1-15(12-20(38)46-6)33-21(16-8-10-17(11-9-16)50-30(43)47-7)25(39)34-22-26(40)36-23(31(2,3)51-27(22)36)28(41)48-14-49-29(42)24-32(4,5)52(44,45)19-13-18(37)35(19)24/h8-12,19,21-24,27,33H,13-14H2,1-7H3,(H,34,39)/t19-,21?,22-,23+,24+,27-/m1/s1. The summed E-state index contributed by atoms with van der Waals surface area (Å²) in [5.41, 5.74) is 0.636. The maximum Gasteiger partial charge on any atom is 0.513 e. The normalized spacial score (nSPS) is 26.8. The lowest BCUT2D eigenvalue weighted by Gasteiger charge is -2.44. The van der Waals surface area contributed by atoms with Gasteiger partial charge in [0, 0.05) is 16.5 Å². The number of allylic oxidation sites excluding steroid dienone is 1. The Bertz CT molecular complexity index is 1840. The zero-order chi connectivity index (χ0) is 38.5. The fourth-order valence-electron chi connectivity index (χ4n) is 6.55. The Morgan fingerprint density at radius 1 is 0.962 bits per heavy atom. The van der Waals surface area contributed by atoms with Gasteiger partial charge >= 0.3 is 24.1 Å². The smallest absolute Gasteiger partial charge is 0.466 e. The van der Waals surface area contributed by atoms with Crippen molar-refractivity contribution in [2.24, 2.45) is 0 Å². The number of thioether (sulfide) groups is 1. The van der Waals surface area contributed by atoms with E-state index in [2.05, 4.69) is 20.1 Å². The molecule has 0 radical (unpaired) electrons. The monoisotopic (exact) mass is 766 g/mol. The van der Waals surface area contributed by atoms with Crippen LogP contribution in [0.3, 0.4) is 0 Å². The van der Waals surface area contributed by atoms with E-state index in [4.69, 9.17) is 14.2 Å². The zero-order valence-corrected chi connectivity index (χ0v) is 30.8. The molecule has 0 aliphatic carbocycles. The molecule has 2 N–H and O–H groups in total. The molecule has 0 spiro atoms. The first-order valence-electron chi connectivity index (χ1n) is 15.8. The average molecular weight is 767 g/mol. The van der Waals surface area contributed by atoms with Crippen LogP contribution in [0.25, 0.3) is 0 Å². The predicted molar refractivity (Wildman–Crippen MR) is 178 cm³/mol. The summed E-state index contributed by atoms with van der Waals surface area (Å²) in [6.45, 7) is 6.69. The second kappa shape index (κ2) is 13.9. The lowest BCUT2D eigenvalue weighted by atomic mass is 9.95. The number of sulfone groups is 1. The van der Waals surface area contributed by atoms with Crippen LogP contribution in [-0.4, -0.2) is 119 Å². The van der Waals surface area contributed by atoms with Gasteiger partial charge in [0.15, 0.2) is 9.84 Å². The van der Waals surface area contributed by atoms with Crippen molar-refractivity contribution in [3.8, 4) is 5.75 Å². The largest absolute Gasteiger partial charge is 0.513 e. The highest BCUT2D eigenvalue weighted by Crippen LogP contribution is 2.51. The summed E-state index contributed by atoms with van der Waals surface area (Å²) in [6, 6.07) is 1.06. The van der Waals surface area contributed by atoms with Crippen molar-refractivity contribution in [2.75, 3.05) is 21.0 Å². The molecule has 52 heavy (non-hydrogen) atoms. The van der Waals surface area contributed by atoms with E-state index < -0.39 is 103 Å². The highest BCUT2D eigenvalue weighted by atomic mass is 32.2. The van der Waals surface area contributed by atoms with E-state index in [0.717, 1.165) is 18.1 Å². The predicted octanol–water partition coefficient (Wildman–Crippen LogP) is 0.264. The topological polar surface area (TPSA) is 230 Å². The average Bonchev–Trinajstić information content (AvgIpc) is 3.40. The van der Waals surface area contributed by atoms with Crippen LogP contribution in [0, 0.1) is 0 Å². The molecule has 4 aliphatic rings. The van der Waals surface area contributed by atoms with Crippen LogP contribution in [0.4, 0.5) is 4.79 Å². The number of amides is 3. The number of rotatable bonds is 11. The minimum atomic E-state index is -3.85. The van der Waals surface area contributed by atoms with E-state index in [0.29, 0.717) is 5.56 Å². The SMILES string of the molecule is COC(=O)C=C(C)NC(C(=O)N[C@@H]1C(=O)N2[C@@H]1SC(C)(C)[C@@H]2C(=O)OCOC(=O)[C@@H]1N2C(=O)C[C@H]2S(=O)(=O)C1(C)C)c1ccc(OC(=O)OC)cc1. The van der Waals surface area contributed by atoms with Gasteiger partial charge in [0.2, 0.25) is 24.5 Å². The minimum Gasteiger partial charge on any atom is -0.466 e. The molecule has 0 aromatic heterocycles. The highest BCUT2D eigenvalue weighted by Gasteiger charge is 2.68. The summed E-state index contributed by atoms with van der Waals surface area (Å²) >= 11 is 1.24. The molecule has 1 unspecified atom stereocenters. The Balaban J connectivity index is 1.24. The van der Waals surface area contributed by atoms with E-state index in [1.165, 1.54) is 68.8 Å². The van der Waals surface area contributed by atoms with Gasteiger partial charge in [-0.25, -0.2) is 27.6 Å². The number of carbonyl (C=O) groups excluding carboxylic acids is 7. The number of nitrogens with zero attached hydrogens (tertiary/aromatic N) is 2. The first-order valence-corrected chi connectivity index (χ1v) is 18.3. The fourth-order valence-corrected chi connectivity index (χ4v) is 10.3. The number of methoxy groups -OCH3 is 2. The molecule has 18 nitrogen and oxygen atoms in total. The third-order valence-electron chi connectivity index (χ3n) is 9.31. The summed E-state index contributed by atoms with van der Waals surface area (Å²) in [5, 5.41) is 3.84. The number of esters is 3. The van der Waals surface area contributed by atoms with Crippen LogP contribution in [0.5, 0.6) is 5.75 Å². The maximum atomic E-state index is 13.7. The molecule has 1 aromatic carbocycles. The van der Waals surface area contributed by atoms with Gasteiger partial charge in [-0.15, -0.1) is 11.8 Å². The van der Waals surface area contributed by atoms with Crippen molar-refractivity contribution in [1.29, 1.82) is 0 Å². The minimum absolute atomic E-state index is 0.133. The fraction of sp³-hybridized carbons (Fsp3) is 0.531. The van der Waals surface area contributed by atoms with Gasteiger partial charge in [-0.2, -0.15) is 0 Å². The number of hydrogen-bond acceptors (Lipinski definition) is 16. The van der Waals surface area contributed by atoms with Gasteiger partial charge in [0.25, 0.3) is 0 Å². The number of ether oxygens (including phenoxy) is 5. The highest BCUT2D eigenvalue weighted by molar-refractivity contribution is 8.01. The summed E-state index contributed by atoms with van der Waals surface area (Å²) in [6.07, 6.45) is -0.0415. The van der Waals surface area contributed by atoms with Gasteiger partial charge in [-0.1, -0.05) is 12.1 Å². The molecule has 4 saturated heterocycles. The molecule has 4 fully saturated rings. The van der Waals surface area contributed by atoms with Crippen molar-refractivity contribution in [1.82, 2.24) is 20.4 Å². The second-order valence-corrected chi connectivity index (χ2v) is 17.8. The molecule has 0 bridgehead atoms. The number of β-lactam (4-membered cyclic amide) rings is 2. The Kier molecular flexibility index (Phi) is 10.3. The summed E-state index contributed by atoms with van der Waals surface area (Å²) in [4.78, 5) is 91.2. The quantitative estimate of drug-likeness (QED) is 0.0769. The van der Waals surface area contributed by atoms with Crippen molar-refractivity contribution in [3.05, 3.63) is 41.6 Å². The lowest BCUT2D eigenvalue weighted by Crippen LogP contribution is -2.71. The van der Waals surface area contributed by atoms with Gasteiger partial charge in [-0.05, 0) is 52.3 Å². The van der Waals surface area contributed by atoms with Crippen LogP contribution in [0.1, 0.15) is 52.6 Å². The molecular weight excluding hydrogens is 729 g/mol. The summed E-state index contributed by atoms with van der Waals surface area (Å²) in [5.74, 6) is -4.25. The molecular formula is C32H38N4O14S2. The van der Waals surface area contributed by atoms with Crippen molar-refractivity contribution in [3.63, 3.8) is 0 Å². The number of fused-ring (bicyclic) bond motifs is 2. The van der Waals surface area contributed by atoms with Gasteiger partial charge in [0.1, 0.15) is 40.7 Å². The molecule has 1 aromatic rings. The number of nitrogens with one attached hydrogen (secondary N) is 2. The van der Waals surface area contributed by atoms with Crippen molar-refractivity contribution >= 4 is 63.4 Å². The molecule has 20 heteroatoms. The van der Waals surface area contributed by atoms with E-state index in [1.807, 2.05) is 0 Å².